The summed E-state index contributed by atoms with van der Waals surface area (Å²) >= 11 is 0. The van der Waals surface area contributed by atoms with E-state index in [9.17, 15) is 9.59 Å². The van der Waals surface area contributed by atoms with E-state index >= 15 is 0 Å². The van der Waals surface area contributed by atoms with Crippen LogP contribution in [0.1, 0.15) is 31.2 Å². The lowest BCUT2D eigenvalue weighted by Crippen LogP contribution is -2.31. The van der Waals surface area contributed by atoms with Gasteiger partial charge in [-0.25, -0.2) is 9.79 Å². The van der Waals surface area contributed by atoms with Crippen LogP contribution in [0.3, 0.4) is 0 Å². The Morgan fingerprint density at radius 3 is 2.74 bits per heavy atom. The van der Waals surface area contributed by atoms with Gasteiger partial charge in [0.05, 0.1) is 7.11 Å². The highest BCUT2D eigenvalue weighted by atomic mass is 16.6. The van der Waals surface area contributed by atoms with Crippen LogP contribution in [0.25, 0.3) is 6.08 Å². The number of amides is 1. The van der Waals surface area contributed by atoms with Crippen LogP contribution in [-0.2, 0) is 9.59 Å². The molecule has 2 aliphatic rings. The van der Waals surface area contributed by atoms with E-state index in [0.717, 1.165) is 43.6 Å². The molecule has 7 heteroatoms. The number of hydrogen-bond donors (Lipinski definition) is 0. The van der Waals surface area contributed by atoms with Crippen molar-refractivity contribution in [3.05, 3.63) is 59.8 Å². The van der Waals surface area contributed by atoms with Crippen molar-refractivity contribution in [2.24, 2.45) is 4.99 Å². The Labute approximate surface area is 180 Å². The number of rotatable bonds is 6. The van der Waals surface area contributed by atoms with Crippen molar-refractivity contribution >= 4 is 23.8 Å². The van der Waals surface area contributed by atoms with E-state index < -0.39 is 5.97 Å². The van der Waals surface area contributed by atoms with Crippen LogP contribution in [0.4, 0.5) is 0 Å². The molecule has 0 atom stereocenters. The van der Waals surface area contributed by atoms with Crippen LogP contribution in [0.15, 0.2) is 59.2 Å². The zero-order valence-electron chi connectivity index (χ0n) is 17.4. The van der Waals surface area contributed by atoms with Gasteiger partial charge in [-0.3, -0.25) is 9.69 Å². The van der Waals surface area contributed by atoms with Crippen molar-refractivity contribution < 1.29 is 23.8 Å². The molecule has 0 saturated carbocycles. The van der Waals surface area contributed by atoms with E-state index in [-0.39, 0.29) is 18.3 Å². The Hall–Kier alpha value is -3.61. The smallest absolute Gasteiger partial charge is 0.349 e. The van der Waals surface area contributed by atoms with E-state index in [1.807, 2.05) is 18.2 Å². The van der Waals surface area contributed by atoms with Crippen molar-refractivity contribution in [2.75, 3.05) is 20.3 Å². The number of hydrogen-bond acceptors (Lipinski definition) is 6. The third kappa shape index (κ3) is 4.94. The second kappa shape index (κ2) is 9.47. The second-order valence-electron chi connectivity index (χ2n) is 7.31. The van der Waals surface area contributed by atoms with Gasteiger partial charge in [0.25, 0.3) is 5.91 Å². The fourth-order valence-corrected chi connectivity index (χ4v) is 3.58. The molecule has 0 aliphatic carbocycles. The molecule has 2 heterocycles. The molecule has 7 nitrogen and oxygen atoms in total. The first kappa shape index (κ1) is 20.7. The van der Waals surface area contributed by atoms with Crippen molar-refractivity contribution in [1.82, 2.24) is 4.90 Å². The summed E-state index contributed by atoms with van der Waals surface area (Å²) < 4.78 is 16.2. The lowest BCUT2D eigenvalue weighted by Gasteiger charge is -2.14. The van der Waals surface area contributed by atoms with Gasteiger partial charge in [0.2, 0.25) is 0 Å². The van der Waals surface area contributed by atoms with Gasteiger partial charge in [-0.05, 0) is 48.7 Å². The second-order valence-corrected chi connectivity index (χ2v) is 7.31. The van der Waals surface area contributed by atoms with Crippen molar-refractivity contribution in [2.45, 2.75) is 25.7 Å². The summed E-state index contributed by atoms with van der Waals surface area (Å²) in [6.45, 7) is 0.499. The van der Waals surface area contributed by atoms with Crippen LogP contribution in [0.2, 0.25) is 0 Å². The van der Waals surface area contributed by atoms with Gasteiger partial charge in [0.15, 0.2) is 18.1 Å². The number of para-hydroxylation sites is 1. The number of methoxy groups -OCH3 is 1. The van der Waals surface area contributed by atoms with Crippen LogP contribution >= 0.6 is 0 Å². The fraction of sp³-hybridized carbons (Fsp3) is 0.292. The topological polar surface area (TPSA) is 77.4 Å². The van der Waals surface area contributed by atoms with E-state index in [1.54, 1.807) is 41.3 Å². The number of aliphatic imine (C=N–C) groups is 1. The van der Waals surface area contributed by atoms with E-state index in [0.29, 0.717) is 17.2 Å². The molecule has 2 aliphatic heterocycles. The largest absolute Gasteiger partial charge is 0.493 e. The SMILES string of the molecule is COc1cc(/C=C2\N=C3CCCCCN3C2=O)ccc1OC(=O)COc1ccccc1. The summed E-state index contributed by atoms with van der Waals surface area (Å²) in [6, 6.07) is 14.1. The van der Waals surface area contributed by atoms with Crippen LogP contribution < -0.4 is 14.2 Å². The molecule has 1 amide bonds. The zero-order valence-corrected chi connectivity index (χ0v) is 17.4. The van der Waals surface area contributed by atoms with Crippen molar-refractivity contribution in [1.29, 1.82) is 0 Å². The predicted octanol–water partition coefficient (Wildman–Crippen LogP) is 3.84. The molecule has 2 aromatic rings. The molecule has 0 N–H and O–H groups in total. The summed E-state index contributed by atoms with van der Waals surface area (Å²) in [6.07, 6.45) is 5.73. The predicted molar refractivity (Wildman–Crippen MR) is 116 cm³/mol. The molecular formula is C24H24N2O5. The average Bonchev–Trinajstić information content (AvgIpc) is 2.94. The Bertz CT molecular complexity index is 1030. The lowest BCUT2D eigenvalue weighted by molar-refractivity contribution is -0.136. The maximum absolute atomic E-state index is 12.7. The first-order valence-electron chi connectivity index (χ1n) is 10.3. The molecule has 0 aromatic heterocycles. The van der Waals surface area contributed by atoms with Gasteiger partial charge in [0.1, 0.15) is 17.3 Å². The van der Waals surface area contributed by atoms with Crippen LogP contribution in [0, 0.1) is 0 Å². The number of nitrogens with zero attached hydrogens (tertiary/aromatic N) is 2. The summed E-state index contributed by atoms with van der Waals surface area (Å²) in [5.74, 6) is 1.50. The molecular weight excluding hydrogens is 396 g/mol. The summed E-state index contributed by atoms with van der Waals surface area (Å²) in [5, 5.41) is 0. The molecule has 31 heavy (non-hydrogen) atoms. The molecule has 1 fully saturated rings. The van der Waals surface area contributed by atoms with E-state index in [4.69, 9.17) is 14.2 Å². The molecule has 160 valence electrons. The van der Waals surface area contributed by atoms with E-state index in [1.165, 1.54) is 7.11 Å². The number of amidine groups is 1. The number of ether oxygens (including phenoxy) is 3. The van der Waals surface area contributed by atoms with Crippen molar-refractivity contribution in [3.8, 4) is 17.2 Å². The molecule has 0 spiro atoms. The van der Waals surface area contributed by atoms with Gasteiger partial charge in [-0.1, -0.05) is 30.7 Å². The Balaban J connectivity index is 1.45. The third-order valence-electron chi connectivity index (χ3n) is 5.12. The number of fused-ring (bicyclic) bond motifs is 1. The summed E-state index contributed by atoms with van der Waals surface area (Å²) in [4.78, 5) is 31.1. The van der Waals surface area contributed by atoms with Gasteiger partial charge in [-0.15, -0.1) is 0 Å². The highest BCUT2D eigenvalue weighted by Crippen LogP contribution is 2.30. The minimum Gasteiger partial charge on any atom is -0.493 e. The first-order chi connectivity index (χ1) is 15.1. The highest BCUT2D eigenvalue weighted by Gasteiger charge is 2.30. The summed E-state index contributed by atoms with van der Waals surface area (Å²) in [7, 11) is 1.49. The molecule has 0 unspecified atom stereocenters. The fourth-order valence-electron chi connectivity index (χ4n) is 3.58. The number of esters is 1. The third-order valence-corrected chi connectivity index (χ3v) is 5.12. The maximum Gasteiger partial charge on any atom is 0.349 e. The van der Waals surface area contributed by atoms with Crippen LogP contribution in [0.5, 0.6) is 17.2 Å². The number of benzene rings is 2. The van der Waals surface area contributed by atoms with Gasteiger partial charge in [0, 0.05) is 13.0 Å². The highest BCUT2D eigenvalue weighted by molar-refractivity contribution is 6.14. The molecule has 2 aromatic carbocycles. The number of carbonyl (C=O) groups is 2. The normalized spacial score (nSPS) is 17.1. The minimum absolute atomic E-state index is 0.0653. The van der Waals surface area contributed by atoms with Crippen molar-refractivity contribution in [3.63, 3.8) is 0 Å². The van der Waals surface area contributed by atoms with E-state index in [2.05, 4.69) is 4.99 Å². The average molecular weight is 420 g/mol. The van der Waals surface area contributed by atoms with Crippen LogP contribution in [-0.4, -0.2) is 42.9 Å². The molecule has 0 bridgehead atoms. The minimum atomic E-state index is -0.543. The number of carbonyl (C=O) groups excluding carboxylic acids is 2. The molecule has 4 rings (SSSR count). The van der Waals surface area contributed by atoms with Gasteiger partial charge in [-0.2, -0.15) is 0 Å². The van der Waals surface area contributed by atoms with Gasteiger partial charge >= 0.3 is 5.97 Å². The maximum atomic E-state index is 12.7. The Morgan fingerprint density at radius 1 is 1.10 bits per heavy atom. The Kier molecular flexibility index (Phi) is 6.31. The zero-order chi connectivity index (χ0) is 21.6. The Morgan fingerprint density at radius 2 is 1.94 bits per heavy atom. The first-order valence-corrected chi connectivity index (χ1v) is 10.3. The van der Waals surface area contributed by atoms with Gasteiger partial charge < -0.3 is 14.2 Å². The monoisotopic (exact) mass is 420 g/mol. The molecule has 1 saturated heterocycles. The quantitative estimate of drug-likeness (QED) is 0.403. The summed E-state index contributed by atoms with van der Waals surface area (Å²) in [5.41, 5.74) is 1.16. The molecule has 0 radical (unpaired) electrons. The lowest BCUT2D eigenvalue weighted by atomic mass is 10.1. The standard InChI is InChI=1S/C24H24N2O5/c1-29-21-15-17(14-19-24(28)26-13-7-3-6-10-22(26)25-19)11-12-20(21)31-23(27)16-30-18-8-4-2-5-9-18/h2,4-5,8-9,11-12,14-15H,3,6-7,10,13,16H2,1H3/b19-14-.